The predicted octanol–water partition coefficient (Wildman–Crippen LogP) is -0.150. The summed E-state index contributed by atoms with van der Waals surface area (Å²) in [6.45, 7) is -0.147. The third-order valence-corrected chi connectivity index (χ3v) is 4.08. The Kier molecular flexibility index (Phi) is 5.60. The van der Waals surface area contributed by atoms with Crippen molar-refractivity contribution in [1.29, 1.82) is 0 Å². The van der Waals surface area contributed by atoms with Crippen LogP contribution < -0.4 is 0 Å². The van der Waals surface area contributed by atoms with Crippen LogP contribution in [0.4, 0.5) is 4.39 Å². The predicted molar refractivity (Wildman–Crippen MR) is 61.9 cm³/mol. The zero-order valence-corrected chi connectivity index (χ0v) is 10.7. The third-order valence-electron chi connectivity index (χ3n) is 2.21. The van der Waals surface area contributed by atoms with Crippen molar-refractivity contribution in [1.82, 2.24) is 9.29 Å². The van der Waals surface area contributed by atoms with Crippen LogP contribution in [0.2, 0.25) is 0 Å². The number of sulfonamides is 1. The average Bonchev–Trinajstić information content (AvgIpc) is 2.34. The second-order valence-corrected chi connectivity index (χ2v) is 5.40. The van der Waals surface area contributed by atoms with Crippen LogP contribution in [0, 0.1) is 5.82 Å². The molecule has 18 heavy (non-hydrogen) atoms. The van der Waals surface area contributed by atoms with E-state index in [1.165, 1.54) is 7.11 Å². The van der Waals surface area contributed by atoms with Crippen molar-refractivity contribution in [2.24, 2.45) is 0 Å². The van der Waals surface area contributed by atoms with Crippen LogP contribution in [0.5, 0.6) is 0 Å². The van der Waals surface area contributed by atoms with Crippen LogP contribution in [-0.4, -0.2) is 56.2 Å². The van der Waals surface area contributed by atoms with Crippen molar-refractivity contribution >= 4 is 10.0 Å². The maximum Gasteiger partial charge on any atom is 0.244 e. The molecule has 0 bridgehead atoms. The normalized spacial score (nSPS) is 12.0. The fourth-order valence-corrected chi connectivity index (χ4v) is 2.73. The number of aromatic nitrogens is 1. The molecule has 6 nitrogen and oxygen atoms in total. The van der Waals surface area contributed by atoms with E-state index in [4.69, 9.17) is 9.84 Å². The Morgan fingerprint density at radius 1 is 1.44 bits per heavy atom. The molecule has 0 aliphatic carbocycles. The minimum absolute atomic E-state index is 0.0793. The molecule has 0 unspecified atom stereocenters. The summed E-state index contributed by atoms with van der Waals surface area (Å²) < 4.78 is 43.1. The summed E-state index contributed by atoms with van der Waals surface area (Å²) in [4.78, 5) is 3.26. The van der Waals surface area contributed by atoms with Crippen LogP contribution in [0.15, 0.2) is 23.4 Å². The molecule has 0 aromatic carbocycles. The zero-order valence-electron chi connectivity index (χ0n) is 9.91. The molecule has 0 saturated carbocycles. The number of rotatable bonds is 7. The van der Waals surface area contributed by atoms with Gasteiger partial charge in [-0.2, -0.15) is 4.31 Å². The van der Waals surface area contributed by atoms with Crippen molar-refractivity contribution in [2.45, 2.75) is 4.90 Å². The van der Waals surface area contributed by atoms with Crippen LogP contribution in [-0.2, 0) is 14.8 Å². The lowest BCUT2D eigenvalue weighted by atomic mass is 10.5. The van der Waals surface area contributed by atoms with Crippen molar-refractivity contribution in [3.8, 4) is 0 Å². The highest BCUT2D eigenvalue weighted by Gasteiger charge is 2.24. The molecule has 0 amide bonds. The van der Waals surface area contributed by atoms with Gasteiger partial charge >= 0.3 is 0 Å². The number of ether oxygens (including phenoxy) is 1. The lowest BCUT2D eigenvalue weighted by Crippen LogP contribution is -2.36. The summed E-state index contributed by atoms with van der Waals surface area (Å²) in [6, 6.07) is 0.888. The Bertz CT molecular complexity index is 481. The van der Waals surface area contributed by atoms with E-state index in [1.807, 2.05) is 0 Å². The number of halogens is 1. The second-order valence-electron chi connectivity index (χ2n) is 3.46. The Morgan fingerprint density at radius 3 is 2.72 bits per heavy atom. The van der Waals surface area contributed by atoms with Gasteiger partial charge in [0.05, 0.1) is 19.4 Å². The van der Waals surface area contributed by atoms with E-state index in [0.29, 0.717) is 0 Å². The molecule has 1 aromatic rings. The van der Waals surface area contributed by atoms with Gasteiger partial charge in [-0.15, -0.1) is 0 Å². The molecule has 1 aromatic heterocycles. The Morgan fingerprint density at radius 2 is 2.17 bits per heavy atom. The van der Waals surface area contributed by atoms with E-state index in [0.717, 1.165) is 22.8 Å². The van der Waals surface area contributed by atoms with E-state index in [1.54, 1.807) is 0 Å². The molecule has 0 aliphatic heterocycles. The first-order valence-electron chi connectivity index (χ1n) is 5.23. The quantitative estimate of drug-likeness (QED) is 0.750. The fourth-order valence-electron chi connectivity index (χ4n) is 1.34. The van der Waals surface area contributed by atoms with E-state index < -0.39 is 15.8 Å². The molecule has 0 fully saturated rings. The Balaban J connectivity index is 3.00. The van der Waals surface area contributed by atoms with Gasteiger partial charge in [-0.05, 0) is 6.07 Å². The molecule has 0 atom stereocenters. The topological polar surface area (TPSA) is 79.7 Å². The van der Waals surface area contributed by atoms with E-state index in [2.05, 4.69) is 4.98 Å². The van der Waals surface area contributed by atoms with E-state index in [9.17, 15) is 12.8 Å². The van der Waals surface area contributed by atoms with Crippen molar-refractivity contribution in [2.75, 3.05) is 33.4 Å². The van der Waals surface area contributed by atoms with Crippen LogP contribution in [0.25, 0.3) is 0 Å². The number of hydrogen-bond donors (Lipinski definition) is 1. The number of nitrogens with zero attached hydrogens (tertiary/aromatic N) is 2. The van der Waals surface area contributed by atoms with Crippen LogP contribution in [0.1, 0.15) is 0 Å². The van der Waals surface area contributed by atoms with Gasteiger partial charge in [0.15, 0.2) is 0 Å². The monoisotopic (exact) mass is 278 g/mol. The molecule has 1 N–H and O–H groups in total. The Hall–Kier alpha value is -1.09. The number of methoxy groups -OCH3 is 1. The van der Waals surface area contributed by atoms with E-state index in [-0.39, 0.29) is 31.2 Å². The molecule has 0 aliphatic rings. The minimum atomic E-state index is -3.87. The van der Waals surface area contributed by atoms with Crippen molar-refractivity contribution in [3.63, 3.8) is 0 Å². The first-order chi connectivity index (χ1) is 8.52. The summed E-state index contributed by atoms with van der Waals surface area (Å²) in [5.74, 6) is -0.730. The molecule has 102 valence electrons. The molecule has 8 heteroatoms. The molecular weight excluding hydrogens is 263 g/mol. The average molecular weight is 278 g/mol. The fraction of sp³-hybridized carbons (Fsp3) is 0.500. The summed E-state index contributed by atoms with van der Waals surface area (Å²) in [7, 11) is -2.43. The van der Waals surface area contributed by atoms with Gasteiger partial charge < -0.3 is 9.84 Å². The Labute approximate surface area is 105 Å². The molecule has 0 radical (unpaired) electrons. The standard InChI is InChI=1S/C10H15FN2O4S/c1-17-5-3-13(2-4-14)18(15,16)10-6-9(11)7-12-8-10/h6-8,14H,2-5H2,1H3. The second kappa shape index (κ2) is 6.74. The minimum Gasteiger partial charge on any atom is -0.395 e. The number of pyridine rings is 1. The van der Waals surface area contributed by atoms with E-state index >= 15 is 0 Å². The SMILES string of the molecule is COCCN(CCO)S(=O)(=O)c1cncc(F)c1. The van der Waals surface area contributed by atoms with Gasteiger partial charge in [-0.25, -0.2) is 12.8 Å². The smallest absolute Gasteiger partial charge is 0.244 e. The van der Waals surface area contributed by atoms with Gasteiger partial charge in [0.1, 0.15) is 10.7 Å². The lowest BCUT2D eigenvalue weighted by molar-refractivity contribution is 0.168. The first kappa shape index (κ1) is 15.0. The van der Waals surface area contributed by atoms with Gasteiger partial charge in [0.25, 0.3) is 0 Å². The van der Waals surface area contributed by atoms with Crippen molar-refractivity contribution in [3.05, 3.63) is 24.3 Å². The molecule has 1 heterocycles. The first-order valence-corrected chi connectivity index (χ1v) is 6.67. The van der Waals surface area contributed by atoms with Crippen LogP contribution in [0.3, 0.4) is 0 Å². The van der Waals surface area contributed by atoms with Gasteiger partial charge in [-0.3, -0.25) is 4.98 Å². The summed E-state index contributed by atoms with van der Waals surface area (Å²) >= 11 is 0. The highest BCUT2D eigenvalue weighted by Crippen LogP contribution is 2.15. The molecule has 1 rings (SSSR count). The summed E-state index contributed by atoms with van der Waals surface area (Å²) in [5.41, 5.74) is 0. The van der Waals surface area contributed by atoms with Crippen LogP contribution >= 0.6 is 0 Å². The largest absolute Gasteiger partial charge is 0.395 e. The molecular formula is C10H15FN2O4S. The maximum atomic E-state index is 13.0. The highest BCUT2D eigenvalue weighted by molar-refractivity contribution is 7.89. The highest BCUT2D eigenvalue weighted by atomic mass is 32.2. The molecule has 0 saturated heterocycles. The summed E-state index contributed by atoms with van der Waals surface area (Å²) in [6.07, 6.45) is 1.99. The number of hydrogen-bond acceptors (Lipinski definition) is 5. The number of aliphatic hydroxyl groups is 1. The molecule has 0 spiro atoms. The van der Waals surface area contributed by atoms with Gasteiger partial charge in [0.2, 0.25) is 10.0 Å². The third kappa shape index (κ3) is 3.70. The maximum absolute atomic E-state index is 13.0. The van der Waals surface area contributed by atoms with Gasteiger partial charge in [0, 0.05) is 26.4 Å². The zero-order chi connectivity index (χ0) is 13.6. The summed E-state index contributed by atoms with van der Waals surface area (Å²) in [5, 5.41) is 8.86. The van der Waals surface area contributed by atoms with Crippen molar-refractivity contribution < 1.29 is 22.7 Å². The lowest BCUT2D eigenvalue weighted by Gasteiger charge is -2.20. The van der Waals surface area contributed by atoms with Gasteiger partial charge in [-0.1, -0.05) is 0 Å². The number of aliphatic hydroxyl groups excluding tert-OH is 1.